The number of hydrogen-bond acceptors (Lipinski definition) is 3. The van der Waals surface area contributed by atoms with Gasteiger partial charge in [-0.05, 0) is 19.9 Å². The van der Waals surface area contributed by atoms with Gasteiger partial charge in [-0.3, -0.25) is 4.79 Å². The van der Waals surface area contributed by atoms with Gasteiger partial charge in [-0.15, -0.1) is 0 Å². The molecule has 0 bridgehead atoms. The lowest BCUT2D eigenvalue weighted by Gasteiger charge is -2.15. The quantitative estimate of drug-likeness (QED) is 0.608. The summed E-state index contributed by atoms with van der Waals surface area (Å²) in [6.07, 6.45) is 0.842. The van der Waals surface area contributed by atoms with Gasteiger partial charge in [-0.2, -0.15) is 0 Å². The maximum Gasteiger partial charge on any atom is 0.248 e. The lowest BCUT2D eigenvalue weighted by Crippen LogP contribution is -2.32. The van der Waals surface area contributed by atoms with Crippen LogP contribution in [0.2, 0.25) is 0 Å². The molecule has 12 heavy (non-hydrogen) atoms. The first-order chi connectivity index (χ1) is 5.72. The standard InChI is InChI=1S/C8H18N2O2/c1-3-12-7-8(11)10(2)6-4-5-9/h3-7,9H2,1-2H3. The molecule has 0 aromatic rings. The first-order valence-electron chi connectivity index (χ1n) is 4.24. The summed E-state index contributed by atoms with van der Waals surface area (Å²) in [7, 11) is 1.76. The molecule has 4 nitrogen and oxygen atoms in total. The third-order valence-electron chi connectivity index (χ3n) is 1.55. The number of carbonyl (C=O) groups excluding carboxylic acids is 1. The van der Waals surface area contributed by atoms with E-state index in [-0.39, 0.29) is 12.5 Å². The minimum atomic E-state index is 0.0188. The van der Waals surface area contributed by atoms with E-state index in [1.54, 1.807) is 11.9 Å². The monoisotopic (exact) mass is 174 g/mol. The Bertz CT molecular complexity index is 128. The highest BCUT2D eigenvalue weighted by Gasteiger charge is 2.06. The molecule has 0 atom stereocenters. The Kier molecular flexibility index (Phi) is 6.70. The zero-order valence-electron chi connectivity index (χ0n) is 7.88. The van der Waals surface area contributed by atoms with Crippen molar-refractivity contribution in [3.05, 3.63) is 0 Å². The summed E-state index contributed by atoms with van der Waals surface area (Å²) >= 11 is 0. The highest BCUT2D eigenvalue weighted by Crippen LogP contribution is 1.88. The van der Waals surface area contributed by atoms with Crippen LogP contribution in [0.15, 0.2) is 0 Å². The number of likely N-dealkylation sites (N-methyl/N-ethyl adjacent to an activating group) is 1. The maximum atomic E-state index is 11.2. The summed E-state index contributed by atoms with van der Waals surface area (Å²) in [6, 6.07) is 0. The van der Waals surface area contributed by atoms with E-state index in [1.165, 1.54) is 0 Å². The molecule has 2 N–H and O–H groups in total. The molecular formula is C8H18N2O2. The molecular weight excluding hydrogens is 156 g/mol. The third-order valence-corrected chi connectivity index (χ3v) is 1.55. The summed E-state index contributed by atoms with van der Waals surface area (Å²) in [5.74, 6) is 0.0188. The van der Waals surface area contributed by atoms with Gasteiger partial charge in [0.1, 0.15) is 6.61 Å². The van der Waals surface area contributed by atoms with Crippen molar-refractivity contribution < 1.29 is 9.53 Å². The van der Waals surface area contributed by atoms with Crippen molar-refractivity contribution in [3.8, 4) is 0 Å². The van der Waals surface area contributed by atoms with Gasteiger partial charge in [-0.25, -0.2) is 0 Å². The molecule has 0 aromatic heterocycles. The molecule has 0 fully saturated rings. The van der Waals surface area contributed by atoms with E-state index in [1.807, 2.05) is 6.92 Å². The fraction of sp³-hybridized carbons (Fsp3) is 0.875. The average Bonchev–Trinajstić information content (AvgIpc) is 2.10. The van der Waals surface area contributed by atoms with Crippen LogP contribution in [0.1, 0.15) is 13.3 Å². The fourth-order valence-electron chi connectivity index (χ4n) is 0.753. The highest BCUT2D eigenvalue weighted by atomic mass is 16.5. The Balaban J connectivity index is 3.47. The van der Waals surface area contributed by atoms with Crippen molar-refractivity contribution >= 4 is 5.91 Å². The summed E-state index contributed by atoms with van der Waals surface area (Å²) in [5, 5.41) is 0. The van der Waals surface area contributed by atoms with Crippen LogP contribution < -0.4 is 5.73 Å². The molecule has 4 heteroatoms. The van der Waals surface area contributed by atoms with Crippen molar-refractivity contribution in [2.24, 2.45) is 5.73 Å². The minimum Gasteiger partial charge on any atom is -0.372 e. The van der Waals surface area contributed by atoms with Gasteiger partial charge in [0.05, 0.1) is 0 Å². The van der Waals surface area contributed by atoms with Crippen LogP contribution in [0.25, 0.3) is 0 Å². The Morgan fingerprint density at radius 2 is 2.25 bits per heavy atom. The fourth-order valence-corrected chi connectivity index (χ4v) is 0.753. The summed E-state index contributed by atoms with van der Waals surface area (Å²) in [4.78, 5) is 12.8. The number of amides is 1. The molecule has 72 valence electrons. The van der Waals surface area contributed by atoms with Crippen LogP contribution in [0, 0.1) is 0 Å². The molecule has 1 amide bonds. The zero-order valence-corrected chi connectivity index (χ0v) is 7.88. The van der Waals surface area contributed by atoms with Gasteiger partial charge in [0, 0.05) is 20.2 Å². The first-order valence-corrected chi connectivity index (χ1v) is 4.24. The number of rotatable bonds is 6. The molecule has 0 aliphatic carbocycles. The van der Waals surface area contributed by atoms with E-state index >= 15 is 0 Å². The molecule has 0 heterocycles. The van der Waals surface area contributed by atoms with Crippen LogP contribution in [0.4, 0.5) is 0 Å². The van der Waals surface area contributed by atoms with E-state index < -0.39 is 0 Å². The van der Waals surface area contributed by atoms with Gasteiger partial charge >= 0.3 is 0 Å². The predicted molar refractivity (Wildman–Crippen MR) is 47.8 cm³/mol. The lowest BCUT2D eigenvalue weighted by molar-refractivity contribution is -0.134. The predicted octanol–water partition coefficient (Wildman–Crippen LogP) is -0.170. The van der Waals surface area contributed by atoms with Gasteiger partial charge in [0.25, 0.3) is 0 Å². The molecule has 0 spiro atoms. The van der Waals surface area contributed by atoms with Crippen LogP contribution >= 0.6 is 0 Å². The molecule has 0 rings (SSSR count). The lowest BCUT2D eigenvalue weighted by atomic mass is 10.4. The van der Waals surface area contributed by atoms with Crippen molar-refractivity contribution in [2.75, 3.05) is 33.4 Å². The normalized spacial score (nSPS) is 9.92. The number of carbonyl (C=O) groups is 1. The number of nitrogens with two attached hydrogens (primary N) is 1. The third kappa shape index (κ3) is 5.09. The van der Waals surface area contributed by atoms with E-state index in [9.17, 15) is 4.79 Å². The van der Waals surface area contributed by atoms with Gasteiger partial charge in [-0.1, -0.05) is 0 Å². The molecule has 0 saturated carbocycles. The van der Waals surface area contributed by atoms with Crippen molar-refractivity contribution in [1.29, 1.82) is 0 Å². The SMILES string of the molecule is CCOCC(=O)N(C)CCCN. The van der Waals surface area contributed by atoms with Gasteiger partial charge in [0.2, 0.25) is 5.91 Å². The largest absolute Gasteiger partial charge is 0.372 e. The number of ether oxygens (including phenoxy) is 1. The van der Waals surface area contributed by atoms with Crippen molar-refractivity contribution in [1.82, 2.24) is 4.90 Å². The average molecular weight is 174 g/mol. The summed E-state index contributed by atoms with van der Waals surface area (Å²) in [5.41, 5.74) is 5.31. The van der Waals surface area contributed by atoms with E-state index in [2.05, 4.69) is 0 Å². The van der Waals surface area contributed by atoms with Crippen LogP contribution in [0.5, 0.6) is 0 Å². The smallest absolute Gasteiger partial charge is 0.248 e. The first kappa shape index (κ1) is 11.4. The summed E-state index contributed by atoms with van der Waals surface area (Å²) in [6.45, 7) is 3.95. The van der Waals surface area contributed by atoms with Gasteiger partial charge in [0.15, 0.2) is 0 Å². The second-order valence-electron chi connectivity index (χ2n) is 2.59. The second-order valence-corrected chi connectivity index (χ2v) is 2.59. The Morgan fingerprint density at radius 1 is 1.58 bits per heavy atom. The number of hydrogen-bond donors (Lipinski definition) is 1. The zero-order chi connectivity index (χ0) is 9.40. The van der Waals surface area contributed by atoms with Gasteiger partial charge < -0.3 is 15.4 Å². The Labute approximate surface area is 73.7 Å². The second kappa shape index (κ2) is 7.06. The topological polar surface area (TPSA) is 55.6 Å². The van der Waals surface area contributed by atoms with Crippen LogP contribution in [-0.4, -0.2) is 44.2 Å². The Morgan fingerprint density at radius 3 is 2.75 bits per heavy atom. The molecule has 0 aliphatic heterocycles. The highest BCUT2D eigenvalue weighted by molar-refractivity contribution is 5.77. The Hall–Kier alpha value is -0.610. The van der Waals surface area contributed by atoms with Crippen molar-refractivity contribution in [3.63, 3.8) is 0 Å². The van der Waals surface area contributed by atoms with Crippen molar-refractivity contribution in [2.45, 2.75) is 13.3 Å². The van der Waals surface area contributed by atoms with Crippen LogP contribution in [0.3, 0.4) is 0 Å². The van der Waals surface area contributed by atoms with E-state index in [4.69, 9.17) is 10.5 Å². The molecule has 0 aromatic carbocycles. The maximum absolute atomic E-state index is 11.2. The van der Waals surface area contributed by atoms with Crippen LogP contribution in [-0.2, 0) is 9.53 Å². The molecule has 0 radical (unpaired) electrons. The molecule has 0 saturated heterocycles. The summed E-state index contributed by atoms with van der Waals surface area (Å²) < 4.78 is 4.97. The minimum absolute atomic E-state index is 0.0188. The number of nitrogens with zero attached hydrogens (tertiary/aromatic N) is 1. The van der Waals surface area contributed by atoms with E-state index in [0.29, 0.717) is 19.7 Å². The molecule has 0 aliphatic rings. The molecule has 0 unspecified atom stereocenters. The van der Waals surface area contributed by atoms with E-state index in [0.717, 1.165) is 6.42 Å².